The summed E-state index contributed by atoms with van der Waals surface area (Å²) in [6, 6.07) is 6.11. The lowest BCUT2D eigenvalue weighted by Gasteiger charge is -2.14. The van der Waals surface area contributed by atoms with Crippen molar-refractivity contribution in [3.05, 3.63) is 42.0 Å². The number of ether oxygens (including phenoxy) is 2. The van der Waals surface area contributed by atoms with Gasteiger partial charge in [0.15, 0.2) is 17.5 Å². The lowest BCUT2D eigenvalue weighted by molar-refractivity contribution is 0.310. The molecule has 0 aliphatic rings. The smallest absolute Gasteiger partial charge is 0.191 e. The van der Waals surface area contributed by atoms with Crippen molar-refractivity contribution >= 4 is 29.9 Å². The fourth-order valence-corrected chi connectivity index (χ4v) is 3.09. The van der Waals surface area contributed by atoms with Gasteiger partial charge in [0.2, 0.25) is 0 Å². The van der Waals surface area contributed by atoms with E-state index in [4.69, 9.17) is 9.47 Å². The summed E-state index contributed by atoms with van der Waals surface area (Å²) in [5.74, 6) is 3.96. The molecule has 0 aliphatic carbocycles. The zero-order chi connectivity index (χ0) is 21.1. The van der Waals surface area contributed by atoms with Crippen molar-refractivity contribution in [3.63, 3.8) is 0 Å². The van der Waals surface area contributed by atoms with E-state index in [0.29, 0.717) is 19.1 Å². The molecule has 7 nitrogen and oxygen atoms in total. The minimum absolute atomic E-state index is 0. The van der Waals surface area contributed by atoms with Gasteiger partial charge >= 0.3 is 0 Å². The second-order valence-corrected chi connectivity index (χ2v) is 7.26. The van der Waals surface area contributed by atoms with Gasteiger partial charge < -0.3 is 24.7 Å². The van der Waals surface area contributed by atoms with Crippen molar-refractivity contribution in [1.82, 2.24) is 20.2 Å². The van der Waals surface area contributed by atoms with Gasteiger partial charge in [-0.2, -0.15) is 0 Å². The Balaban J connectivity index is 0.00000450. The maximum absolute atomic E-state index is 5.65. The molecule has 0 radical (unpaired) electrons. The molecule has 1 heterocycles. The molecule has 2 aromatic rings. The summed E-state index contributed by atoms with van der Waals surface area (Å²) in [5, 5.41) is 6.71. The van der Waals surface area contributed by atoms with Gasteiger partial charge in [0.25, 0.3) is 0 Å². The molecule has 2 rings (SSSR count). The lowest BCUT2D eigenvalue weighted by atomic mass is 10.1. The van der Waals surface area contributed by atoms with Crippen LogP contribution in [-0.4, -0.2) is 42.8 Å². The average molecular weight is 529 g/mol. The molecule has 0 saturated heterocycles. The maximum Gasteiger partial charge on any atom is 0.191 e. The number of aliphatic imine (C=N–C) groups is 1. The summed E-state index contributed by atoms with van der Waals surface area (Å²) < 4.78 is 13.2. The number of hydrogen-bond donors (Lipinski definition) is 2. The van der Waals surface area contributed by atoms with Crippen LogP contribution in [0.1, 0.15) is 38.6 Å². The normalized spacial score (nSPS) is 11.2. The highest BCUT2D eigenvalue weighted by Crippen LogP contribution is 2.28. The second kappa shape index (κ2) is 14.1. The van der Waals surface area contributed by atoms with Crippen molar-refractivity contribution in [2.24, 2.45) is 10.9 Å². The van der Waals surface area contributed by atoms with E-state index in [1.807, 2.05) is 25.4 Å². The number of guanidine groups is 1. The first kappa shape index (κ1) is 26.1. The number of benzene rings is 1. The summed E-state index contributed by atoms with van der Waals surface area (Å²) in [5.41, 5.74) is 1.23. The number of imidazole rings is 1. The van der Waals surface area contributed by atoms with Crippen LogP contribution >= 0.6 is 24.0 Å². The van der Waals surface area contributed by atoms with Crippen molar-refractivity contribution in [2.45, 2.75) is 46.7 Å². The minimum Gasteiger partial charge on any atom is -0.493 e. The van der Waals surface area contributed by atoms with Crippen LogP contribution < -0.4 is 20.1 Å². The van der Waals surface area contributed by atoms with Gasteiger partial charge in [0.05, 0.1) is 20.3 Å². The van der Waals surface area contributed by atoms with Gasteiger partial charge in [-0.05, 0) is 43.4 Å². The molecule has 0 amide bonds. The van der Waals surface area contributed by atoms with E-state index in [1.165, 1.54) is 5.56 Å². The van der Waals surface area contributed by atoms with Gasteiger partial charge in [0, 0.05) is 32.5 Å². The average Bonchev–Trinajstić information content (AvgIpc) is 3.14. The summed E-state index contributed by atoms with van der Waals surface area (Å²) >= 11 is 0. The van der Waals surface area contributed by atoms with Crippen molar-refractivity contribution in [2.75, 3.05) is 27.3 Å². The minimum atomic E-state index is 0. The Bertz CT molecular complexity index is 777. The zero-order valence-electron chi connectivity index (χ0n) is 18.8. The number of nitrogens with zero attached hydrogens (tertiary/aromatic N) is 3. The molecule has 0 aliphatic heterocycles. The molecule has 30 heavy (non-hydrogen) atoms. The van der Waals surface area contributed by atoms with Crippen LogP contribution in [0.15, 0.2) is 35.6 Å². The lowest BCUT2D eigenvalue weighted by Crippen LogP contribution is -2.38. The Morgan fingerprint density at radius 3 is 2.70 bits per heavy atom. The number of aryl methyl sites for hydroxylation is 1. The molecule has 1 aromatic carbocycles. The van der Waals surface area contributed by atoms with Crippen LogP contribution in [0.25, 0.3) is 0 Å². The summed E-state index contributed by atoms with van der Waals surface area (Å²) in [7, 11) is 3.45. The van der Waals surface area contributed by atoms with Crippen LogP contribution in [0.5, 0.6) is 11.5 Å². The Labute approximate surface area is 197 Å². The van der Waals surface area contributed by atoms with Gasteiger partial charge in [0.1, 0.15) is 5.82 Å². The summed E-state index contributed by atoms with van der Waals surface area (Å²) in [6.07, 6.45) is 5.81. The molecule has 0 spiro atoms. The molecule has 1 aromatic heterocycles. The first-order valence-electron chi connectivity index (χ1n) is 10.3. The first-order chi connectivity index (χ1) is 14.1. The third-order valence-electron chi connectivity index (χ3n) is 4.46. The van der Waals surface area contributed by atoms with Gasteiger partial charge in [-0.25, -0.2) is 4.98 Å². The van der Waals surface area contributed by atoms with E-state index in [9.17, 15) is 0 Å². The predicted molar refractivity (Wildman–Crippen MR) is 133 cm³/mol. The van der Waals surface area contributed by atoms with Gasteiger partial charge in [-0.3, -0.25) is 4.99 Å². The number of aromatic nitrogens is 2. The third-order valence-corrected chi connectivity index (χ3v) is 4.46. The topological polar surface area (TPSA) is 72.7 Å². The molecule has 2 N–H and O–H groups in total. The molecule has 0 atom stereocenters. The van der Waals surface area contributed by atoms with Gasteiger partial charge in [-0.1, -0.05) is 19.9 Å². The van der Waals surface area contributed by atoms with Crippen molar-refractivity contribution in [1.29, 1.82) is 0 Å². The van der Waals surface area contributed by atoms with Crippen LogP contribution in [-0.2, 0) is 19.5 Å². The molecule has 168 valence electrons. The Hall–Kier alpha value is -1.97. The highest BCUT2D eigenvalue weighted by Gasteiger charge is 2.07. The number of rotatable bonds is 11. The quantitative estimate of drug-likeness (QED) is 0.200. The van der Waals surface area contributed by atoms with E-state index in [2.05, 4.69) is 51.2 Å². The van der Waals surface area contributed by atoms with Crippen LogP contribution in [0, 0.1) is 5.92 Å². The molecule has 8 heteroatoms. The maximum atomic E-state index is 5.65. The number of halogens is 1. The highest BCUT2D eigenvalue weighted by atomic mass is 127. The Kier molecular flexibility index (Phi) is 12.3. The summed E-state index contributed by atoms with van der Waals surface area (Å²) in [6.45, 7) is 9.46. The largest absolute Gasteiger partial charge is 0.493 e. The first-order valence-corrected chi connectivity index (χ1v) is 10.3. The van der Waals surface area contributed by atoms with E-state index in [0.717, 1.165) is 49.2 Å². The van der Waals surface area contributed by atoms with Crippen molar-refractivity contribution < 1.29 is 9.47 Å². The van der Waals surface area contributed by atoms with E-state index < -0.39 is 0 Å². The summed E-state index contributed by atoms with van der Waals surface area (Å²) in [4.78, 5) is 8.75. The molecular weight excluding hydrogens is 493 g/mol. The predicted octanol–water partition coefficient (Wildman–Crippen LogP) is 3.86. The SMILES string of the molecule is CCOc1cc(CCCNC(=NC)NCc2nccn2CC(C)C)ccc1OC.I. The number of hydrogen-bond acceptors (Lipinski definition) is 4. The van der Waals surface area contributed by atoms with E-state index in [-0.39, 0.29) is 24.0 Å². The zero-order valence-corrected chi connectivity index (χ0v) is 21.1. The molecular formula is C22H36IN5O2. The standard InChI is InChI=1S/C22H35N5O2.HI/c1-6-29-20-14-18(9-10-19(20)28-5)8-7-11-25-22(23-4)26-15-21-24-12-13-27(21)16-17(2)3;/h9-10,12-14,17H,6-8,11,15-16H2,1-5H3,(H2,23,25,26);1H. The third kappa shape index (κ3) is 8.41. The monoisotopic (exact) mass is 529 g/mol. The second-order valence-electron chi connectivity index (χ2n) is 7.26. The molecule has 0 unspecified atom stereocenters. The Morgan fingerprint density at radius 1 is 1.23 bits per heavy atom. The van der Waals surface area contributed by atoms with Gasteiger partial charge in [-0.15, -0.1) is 24.0 Å². The molecule has 0 fully saturated rings. The highest BCUT2D eigenvalue weighted by molar-refractivity contribution is 14.0. The fraction of sp³-hybridized carbons (Fsp3) is 0.545. The fourth-order valence-electron chi connectivity index (χ4n) is 3.09. The van der Waals surface area contributed by atoms with Crippen molar-refractivity contribution in [3.8, 4) is 11.5 Å². The molecule has 0 bridgehead atoms. The van der Waals surface area contributed by atoms with Crippen LogP contribution in [0.3, 0.4) is 0 Å². The van der Waals surface area contributed by atoms with Crippen LogP contribution in [0.4, 0.5) is 0 Å². The number of methoxy groups -OCH3 is 1. The van der Waals surface area contributed by atoms with E-state index >= 15 is 0 Å². The van der Waals surface area contributed by atoms with Crippen LogP contribution in [0.2, 0.25) is 0 Å². The molecule has 0 saturated carbocycles. The Morgan fingerprint density at radius 2 is 2.03 bits per heavy atom. The van der Waals surface area contributed by atoms with E-state index in [1.54, 1.807) is 14.2 Å². The number of nitrogens with one attached hydrogen (secondary N) is 2.